The lowest BCUT2D eigenvalue weighted by Gasteiger charge is -2.12. The first-order valence-corrected chi connectivity index (χ1v) is 9.09. The summed E-state index contributed by atoms with van der Waals surface area (Å²) >= 11 is 0. The second-order valence-electron chi connectivity index (χ2n) is 6.52. The molecule has 2 heteroatoms. The van der Waals surface area contributed by atoms with Crippen LogP contribution < -0.4 is 4.74 Å². The highest BCUT2D eigenvalue weighted by Crippen LogP contribution is 2.28. The first-order chi connectivity index (χ1) is 13.3. The molecule has 27 heavy (non-hydrogen) atoms. The number of fused-ring (bicyclic) bond motifs is 1. The van der Waals surface area contributed by atoms with E-state index >= 15 is 0 Å². The Morgan fingerprint density at radius 3 is 2.37 bits per heavy atom. The highest BCUT2D eigenvalue weighted by molar-refractivity contribution is 6.03. The summed E-state index contributed by atoms with van der Waals surface area (Å²) in [5.41, 5.74) is 4.28. The maximum absolute atomic E-state index is 6.16. The van der Waals surface area contributed by atoms with Gasteiger partial charge in [0.25, 0.3) is 0 Å². The van der Waals surface area contributed by atoms with Crippen LogP contribution >= 0.6 is 0 Å². The molecule has 0 bridgehead atoms. The molecule has 132 valence electrons. The molecular formula is C25H21NO. The molecule has 0 aliphatic heterocycles. The average molecular weight is 351 g/mol. The van der Waals surface area contributed by atoms with Gasteiger partial charge in [-0.2, -0.15) is 0 Å². The van der Waals surface area contributed by atoms with E-state index in [0.717, 1.165) is 33.5 Å². The zero-order chi connectivity index (χ0) is 18.5. The van der Waals surface area contributed by atoms with Gasteiger partial charge in [-0.3, -0.25) is 4.99 Å². The summed E-state index contributed by atoms with van der Waals surface area (Å²) in [6, 6.07) is 30.8. The highest BCUT2D eigenvalue weighted by atomic mass is 16.5. The number of aliphatic imine (C=N–C) groups is 1. The van der Waals surface area contributed by atoms with E-state index in [1.165, 1.54) is 5.39 Å². The van der Waals surface area contributed by atoms with Crippen LogP contribution in [0.3, 0.4) is 0 Å². The van der Waals surface area contributed by atoms with Crippen molar-refractivity contribution in [3.05, 3.63) is 108 Å². The first-order valence-electron chi connectivity index (χ1n) is 9.09. The van der Waals surface area contributed by atoms with Crippen LogP contribution in [0.5, 0.6) is 5.75 Å². The maximum atomic E-state index is 6.16. The molecule has 0 saturated heterocycles. The third-order valence-electron chi connectivity index (χ3n) is 4.62. The largest absolute Gasteiger partial charge is 0.488 e. The maximum Gasteiger partial charge on any atom is 0.129 e. The first kappa shape index (κ1) is 17.0. The van der Waals surface area contributed by atoms with Crippen LogP contribution in [-0.4, -0.2) is 6.21 Å². The molecule has 0 amide bonds. The van der Waals surface area contributed by atoms with Crippen molar-refractivity contribution in [1.82, 2.24) is 0 Å². The highest BCUT2D eigenvalue weighted by Gasteiger charge is 2.08. The molecule has 0 aliphatic rings. The Morgan fingerprint density at radius 2 is 1.52 bits per heavy atom. The van der Waals surface area contributed by atoms with Crippen molar-refractivity contribution in [2.75, 3.05) is 0 Å². The molecule has 0 N–H and O–H groups in total. The van der Waals surface area contributed by atoms with Crippen LogP contribution in [-0.2, 0) is 6.61 Å². The molecule has 0 unspecified atom stereocenters. The van der Waals surface area contributed by atoms with Gasteiger partial charge >= 0.3 is 0 Å². The van der Waals surface area contributed by atoms with Gasteiger partial charge in [-0.1, -0.05) is 78.9 Å². The fourth-order valence-corrected chi connectivity index (χ4v) is 3.11. The summed E-state index contributed by atoms with van der Waals surface area (Å²) in [6.45, 7) is 2.60. The fourth-order valence-electron chi connectivity index (χ4n) is 3.11. The van der Waals surface area contributed by atoms with Gasteiger partial charge in [-0.15, -0.1) is 0 Å². The van der Waals surface area contributed by atoms with E-state index in [1.807, 2.05) is 48.7 Å². The number of ether oxygens (including phenoxy) is 1. The third kappa shape index (κ3) is 3.90. The zero-order valence-electron chi connectivity index (χ0n) is 15.3. The lowest BCUT2D eigenvalue weighted by Crippen LogP contribution is -1.99. The Hall–Kier alpha value is -3.39. The molecule has 4 aromatic carbocycles. The number of para-hydroxylation sites is 1. The van der Waals surface area contributed by atoms with E-state index < -0.39 is 0 Å². The van der Waals surface area contributed by atoms with Crippen molar-refractivity contribution in [3.8, 4) is 5.75 Å². The van der Waals surface area contributed by atoms with Crippen LogP contribution in [0.4, 0.5) is 5.69 Å². The molecular weight excluding hydrogens is 330 g/mol. The Balaban J connectivity index is 1.72. The van der Waals surface area contributed by atoms with Gasteiger partial charge in [-0.25, -0.2) is 0 Å². The van der Waals surface area contributed by atoms with Gasteiger partial charge < -0.3 is 4.74 Å². The van der Waals surface area contributed by atoms with Crippen LogP contribution in [0.25, 0.3) is 10.8 Å². The Kier molecular flexibility index (Phi) is 4.97. The topological polar surface area (TPSA) is 21.6 Å². The SMILES string of the molecule is Cc1ccccc1N=Cc1c(OCc2ccccc2)ccc2ccccc12. The third-order valence-corrected chi connectivity index (χ3v) is 4.62. The minimum absolute atomic E-state index is 0.532. The number of hydrogen-bond acceptors (Lipinski definition) is 2. The Bertz CT molecular complexity index is 1080. The summed E-state index contributed by atoms with van der Waals surface area (Å²) in [5.74, 6) is 0.842. The number of benzene rings is 4. The standard InChI is InChI=1S/C25H21NO/c1-19-9-5-8-14-24(19)26-17-23-22-13-7-6-12-21(22)15-16-25(23)27-18-20-10-3-2-4-11-20/h2-17H,18H2,1H3. The Labute approximate surface area is 159 Å². The molecule has 0 aliphatic carbocycles. The van der Waals surface area contributed by atoms with Gasteiger partial charge in [0.2, 0.25) is 0 Å². The molecule has 0 radical (unpaired) electrons. The molecule has 0 aromatic heterocycles. The summed E-state index contributed by atoms with van der Waals surface area (Å²) in [4.78, 5) is 4.74. The molecule has 4 rings (SSSR count). The van der Waals surface area contributed by atoms with Crippen LogP contribution in [0, 0.1) is 6.92 Å². The summed E-state index contributed by atoms with van der Waals surface area (Å²) in [5, 5.41) is 2.32. The predicted octanol–water partition coefficient (Wildman–Crippen LogP) is 6.48. The second-order valence-corrected chi connectivity index (χ2v) is 6.52. The van der Waals surface area contributed by atoms with Gasteiger partial charge in [0.15, 0.2) is 0 Å². The van der Waals surface area contributed by atoms with Crippen molar-refractivity contribution in [1.29, 1.82) is 0 Å². The van der Waals surface area contributed by atoms with E-state index in [0.29, 0.717) is 6.61 Å². The number of rotatable bonds is 5. The van der Waals surface area contributed by atoms with E-state index in [1.54, 1.807) is 0 Å². The minimum Gasteiger partial charge on any atom is -0.488 e. The molecule has 0 heterocycles. The Morgan fingerprint density at radius 1 is 0.778 bits per heavy atom. The van der Waals surface area contributed by atoms with E-state index in [4.69, 9.17) is 9.73 Å². The summed E-state index contributed by atoms with van der Waals surface area (Å²) < 4.78 is 6.16. The van der Waals surface area contributed by atoms with Crippen molar-refractivity contribution < 1.29 is 4.74 Å². The van der Waals surface area contributed by atoms with Gasteiger partial charge in [-0.05, 0) is 41.0 Å². The van der Waals surface area contributed by atoms with E-state index in [2.05, 4.69) is 55.5 Å². The fraction of sp³-hybridized carbons (Fsp3) is 0.0800. The van der Waals surface area contributed by atoms with Crippen LogP contribution in [0.2, 0.25) is 0 Å². The second kappa shape index (κ2) is 7.88. The summed E-state index contributed by atoms with van der Waals surface area (Å²) in [7, 11) is 0. The lowest BCUT2D eigenvalue weighted by atomic mass is 10.0. The minimum atomic E-state index is 0.532. The summed E-state index contributed by atoms with van der Waals surface area (Å²) in [6.07, 6.45) is 1.92. The molecule has 2 nitrogen and oxygen atoms in total. The van der Waals surface area contributed by atoms with E-state index in [-0.39, 0.29) is 0 Å². The normalized spacial score (nSPS) is 11.1. The van der Waals surface area contributed by atoms with Crippen molar-refractivity contribution in [3.63, 3.8) is 0 Å². The van der Waals surface area contributed by atoms with Gasteiger partial charge in [0.05, 0.1) is 5.69 Å². The van der Waals surface area contributed by atoms with Gasteiger partial charge in [0, 0.05) is 11.8 Å². The monoisotopic (exact) mass is 351 g/mol. The molecule has 0 spiro atoms. The number of nitrogens with zero attached hydrogens (tertiary/aromatic N) is 1. The van der Waals surface area contributed by atoms with Crippen LogP contribution in [0.15, 0.2) is 96.0 Å². The zero-order valence-corrected chi connectivity index (χ0v) is 15.3. The van der Waals surface area contributed by atoms with Crippen LogP contribution in [0.1, 0.15) is 16.7 Å². The predicted molar refractivity (Wildman–Crippen MR) is 113 cm³/mol. The quantitative estimate of drug-likeness (QED) is 0.377. The number of hydrogen-bond donors (Lipinski definition) is 0. The van der Waals surface area contributed by atoms with Crippen molar-refractivity contribution in [2.24, 2.45) is 4.99 Å². The van der Waals surface area contributed by atoms with Crippen molar-refractivity contribution >= 4 is 22.7 Å². The van der Waals surface area contributed by atoms with Gasteiger partial charge in [0.1, 0.15) is 12.4 Å². The molecule has 4 aromatic rings. The smallest absolute Gasteiger partial charge is 0.129 e. The van der Waals surface area contributed by atoms with Crippen molar-refractivity contribution in [2.45, 2.75) is 13.5 Å². The molecule has 0 atom stereocenters. The molecule has 0 fully saturated rings. The lowest BCUT2D eigenvalue weighted by molar-refractivity contribution is 0.306. The average Bonchev–Trinajstić information content (AvgIpc) is 2.72. The molecule has 0 saturated carbocycles. The number of aryl methyl sites for hydroxylation is 1. The van der Waals surface area contributed by atoms with E-state index in [9.17, 15) is 0 Å².